The number of pyridine rings is 1. The Bertz CT molecular complexity index is 1130. The summed E-state index contributed by atoms with van der Waals surface area (Å²) in [5.74, 6) is -2.30. The van der Waals surface area contributed by atoms with Gasteiger partial charge in [0.05, 0.1) is 22.2 Å². The van der Waals surface area contributed by atoms with Crippen molar-refractivity contribution in [1.82, 2.24) is 19.7 Å². The number of aromatic nitrogens is 3. The van der Waals surface area contributed by atoms with Gasteiger partial charge in [-0.1, -0.05) is 0 Å². The van der Waals surface area contributed by atoms with Crippen molar-refractivity contribution in [2.45, 2.75) is 71.9 Å². The second-order valence-corrected chi connectivity index (χ2v) is 10.1. The van der Waals surface area contributed by atoms with Gasteiger partial charge in [-0.3, -0.25) is 9.48 Å². The molecule has 1 fully saturated rings. The molecule has 3 rings (SSSR count). The van der Waals surface area contributed by atoms with E-state index in [0.29, 0.717) is 5.82 Å². The van der Waals surface area contributed by atoms with Crippen LogP contribution in [0.1, 0.15) is 63.9 Å². The Hall–Kier alpha value is -3.31. The summed E-state index contributed by atoms with van der Waals surface area (Å²) >= 11 is 0. The lowest BCUT2D eigenvalue weighted by Crippen LogP contribution is -2.51. The molecule has 0 bridgehead atoms. The van der Waals surface area contributed by atoms with Crippen molar-refractivity contribution >= 4 is 23.7 Å². The average Bonchev–Trinajstić information content (AvgIpc) is 3.10. The second kappa shape index (κ2) is 9.38. The Morgan fingerprint density at radius 3 is 2.40 bits per heavy atom. The first kappa shape index (κ1) is 26.3. The number of amides is 1. The number of hydrogen-bond acceptors (Lipinski definition) is 5. The number of carboxylic acid groups (broad SMARTS) is 2. The van der Waals surface area contributed by atoms with E-state index in [2.05, 4.69) is 15.4 Å². The van der Waals surface area contributed by atoms with Gasteiger partial charge in [-0.15, -0.1) is 0 Å². The van der Waals surface area contributed by atoms with Gasteiger partial charge in [0.15, 0.2) is 11.6 Å². The van der Waals surface area contributed by atoms with E-state index in [9.17, 15) is 28.6 Å². The number of alkyl halides is 2. The quantitative estimate of drug-likeness (QED) is 0.517. The van der Waals surface area contributed by atoms with E-state index in [4.69, 9.17) is 0 Å². The number of nitrogens with zero attached hydrogens (tertiary/aromatic N) is 4. The van der Waals surface area contributed by atoms with Crippen LogP contribution in [0.5, 0.6) is 0 Å². The van der Waals surface area contributed by atoms with E-state index in [0.717, 1.165) is 16.7 Å². The molecule has 2 aromatic rings. The minimum Gasteiger partial charge on any atom is -0.481 e. The number of carboxylic acids is 1. The standard InChI is InChI=1S/C23H30F3N5O4/c1-12-8-17(29-31(12)22(3,4)5)28-16-9-14(19(25)26)18(24)15(27-16)11-23(20(32)33)6-7-30(21(34)35)13(2)10-23/h8-9,13,19H,6-7,10-11H2,1-5H3,(H,32,33)(H,34,35)(H,27,28,29)/t13-,23-/m1/s1. The predicted molar refractivity (Wildman–Crippen MR) is 122 cm³/mol. The van der Waals surface area contributed by atoms with Crippen LogP contribution in [0.15, 0.2) is 12.1 Å². The molecule has 0 spiro atoms. The molecule has 0 unspecified atom stereocenters. The number of carbonyl (C=O) groups is 2. The fourth-order valence-corrected chi connectivity index (χ4v) is 4.66. The van der Waals surface area contributed by atoms with Crippen LogP contribution in [-0.2, 0) is 16.8 Å². The number of aryl methyl sites for hydroxylation is 1. The lowest BCUT2D eigenvalue weighted by Gasteiger charge is -2.42. The molecule has 0 aliphatic carbocycles. The number of aliphatic carboxylic acids is 1. The van der Waals surface area contributed by atoms with Gasteiger partial charge < -0.3 is 20.4 Å². The lowest BCUT2D eigenvalue weighted by atomic mass is 9.72. The number of anilines is 2. The first-order valence-electron chi connectivity index (χ1n) is 11.2. The highest BCUT2D eigenvalue weighted by molar-refractivity contribution is 5.76. The highest BCUT2D eigenvalue weighted by Gasteiger charge is 2.46. The van der Waals surface area contributed by atoms with Crippen LogP contribution < -0.4 is 5.32 Å². The Morgan fingerprint density at radius 1 is 1.26 bits per heavy atom. The van der Waals surface area contributed by atoms with Crippen LogP contribution in [0, 0.1) is 18.2 Å². The van der Waals surface area contributed by atoms with Crippen LogP contribution in [-0.4, -0.2) is 54.5 Å². The molecular formula is C23H30F3N5O4. The zero-order valence-corrected chi connectivity index (χ0v) is 20.3. The van der Waals surface area contributed by atoms with Gasteiger partial charge in [0.2, 0.25) is 0 Å². The van der Waals surface area contributed by atoms with Crippen molar-refractivity contribution < 1.29 is 33.0 Å². The molecule has 0 radical (unpaired) electrons. The van der Waals surface area contributed by atoms with E-state index in [1.54, 1.807) is 17.7 Å². The number of nitrogens with one attached hydrogen (secondary N) is 1. The van der Waals surface area contributed by atoms with Gasteiger partial charge >= 0.3 is 12.1 Å². The number of likely N-dealkylation sites (tertiary alicyclic amines) is 1. The first-order valence-corrected chi connectivity index (χ1v) is 11.2. The van der Waals surface area contributed by atoms with Gasteiger partial charge in [0.1, 0.15) is 5.82 Å². The molecule has 3 heterocycles. The molecule has 3 N–H and O–H groups in total. The molecule has 2 atom stereocenters. The fraction of sp³-hybridized carbons (Fsp3) is 0.565. The van der Waals surface area contributed by atoms with Crippen molar-refractivity contribution in [2.24, 2.45) is 5.41 Å². The first-order chi connectivity index (χ1) is 16.1. The highest BCUT2D eigenvalue weighted by Crippen LogP contribution is 2.40. The van der Waals surface area contributed by atoms with Crippen LogP contribution in [0.4, 0.5) is 29.6 Å². The molecule has 2 aromatic heterocycles. The fourth-order valence-electron chi connectivity index (χ4n) is 4.66. The van der Waals surface area contributed by atoms with Gasteiger partial charge in [-0.25, -0.2) is 22.9 Å². The summed E-state index contributed by atoms with van der Waals surface area (Å²) in [4.78, 5) is 28.9. The molecule has 0 aromatic carbocycles. The highest BCUT2D eigenvalue weighted by atomic mass is 19.3. The Labute approximate surface area is 201 Å². The third-order valence-electron chi connectivity index (χ3n) is 6.32. The third-order valence-corrected chi connectivity index (χ3v) is 6.32. The van der Waals surface area contributed by atoms with Gasteiger partial charge in [-0.2, -0.15) is 5.10 Å². The lowest BCUT2D eigenvalue weighted by molar-refractivity contribution is -0.153. The Morgan fingerprint density at radius 2 is 1.91 bits per heavy atom. The molecule has 192 valence electrons. The van der Waals surface area contributed by atoms with E-state index in [1.165, 1.54) is 0 Å². The topological polar surface area (TPSA) is 121 Å². The monoisotopic (exact) mass is 497 g/mol. The minimum absolute atomic E-state index is 0.0758. The zero-order chi connectivity index (χ0) is 26.3. The predicted octanol–water partition coefficient (Wildman–Crippen LogP) is 4.94. The summed E-state index contributed by atoms with van der Waals surface area (Å²) < 4.78 is 44.2. The maximum Gasteiger partial charge on any atom is 0.407 e. The molecule has 35 heavy (non-hydrogen) atoms. The molecule has 1 aliphatic rings. The maximum atomic E-state index is 15.1. The molecule has 1 aliphatic heterocycles. The summed E-state index contributed by atoms with van der Waals surface area (Å²) in [6.07, 6.45) is -5.00. The van der Waals surface area contributed by atoms with Gasteiger partial charge in [0.25, 0.3) is 6.43 Å². The van der Waals surface area contributed by atoms with Crippen molar-refractivity contribution in [3.05, 3.63) is 34.9 Å². The Kier molecular flexibility index (Phi) is 7.05. The SMILES string of the molecule is Cc1cc(Nc2cc(C(F)F)c(F)c(C[C@@]3(C(=O)O)CCN(C(=O)O)[C@H](C)C3)n2)nn1C(C)(C)C. The van der Waals surface area contributed by atoms with Gasteiger partial charge in [0, 0.05) is 30.8 Å². The minimum atomic E-state index is -3.15. The molecular weight excluding hydrogens is 467 g/mol. The Balaban J connectivity index is 1.99. The summed E-state index contributed by atoms with van der Waals surface area (Å²) in [6, 6.07) is 1.93. The van der Waals surface area contributed by atoms with Crippen molar-refractivity contribution in [2.75, 3.05) is 11.9 Å². The van der Waals surface area contributed by atoms with Crippen LogP contribution >= 0.6 is 0 Å². The average molecular weight is 498 g/mol. The van der Waals surface area contributed by atoms with Crippen molar-refractivity contribution in [1.29, 1.82) is 0 Å². The third kappa shape index (κ3) is 5.35. The van der Waals surface area contributed by atoms with Crippen LogP contribution in [0.3, 0.4) is 0 Å². The van der Waals surface area contributed by atoms with E-state index < -0.39 is 53.4 Å². The number of halogens is 3. The van der Waals surface area contributed by atoms with Crippen molar-refractivity contribution in [3.8, 4) is 0 Å². The molecule has 12 heteroatoms. The molecule has 1 amide bonds. The van der Waals surface area contributed by atoms with E-state index in [-0.39, 0.29) is 30.7 Å². The summed E-state index contributed by atoms with van der Waals surface area (Å²) in [6.45, 7) is 9.16. The van der Waals surface area contributed by atoms with Crippen LogP contribution in [0.2, 0.25) is 0 Å². The molecule has 9 nitrogen and oxygen atoms in total. The van der Waals surface area contributed by atoms with E-state index >= 15 is 4.39 Å². The second-order valence-electron chi connectivity index (χ2n) is 10.1. The van der Waals surface area contributed by atoms with Crippen molar-refractivity contribution in [3.63, 3.8) is 0 Å². The van der Waals surface area contributed by atoms with Gasteiger partial charge in [-0.05, 0) is 53.5 Å². The smallest absolute Gasteiger partial charge is 0.407 e. The number of hydrogen-bond donors (Lipinski definition) is 3. The summed E-state index contributed by atoms with van der Waals surface area (Å²) in [5, 5.41) is 26.5. The molecule has 1 saturated heterocycles. The molecule has 0 saturated carbocycles. The number of rotatable bonds is 6. The maximum absolute atomic E-state index is 15.1. The summed E-state index contributed by atoms with van der Waals surface area (Å²) in [5.41, 5.74) is -2.41. The van der Waals surface area contributed by atoms with Crippen LogP contribution in [0.25, 0.3) is 0 Å². The zero-order valence-electron chi connectivity index (χ0n) is 20.3. The largest absolute Gasteiger partial charge is 0.481 e. The normalized spacial score (nSPS) is 20.8. The number of piperidine rings is 1. The van der Waals surface area contributed by atoms with E-state index in [1.807, 2.05) is 27.7 Å². The summed E-state index contributed by atoms with van der Waals surface area (Å²) in [7, 11) is 0.